The van der Waals surface area contributed by atoms with Crippen LogP contribution in [0.15, 0.2) is 12.1 Å². The molecule has 1 amide bonds. The fourth-order valence-corrected chi connectivity index (χ4v) is 0.923. The van der Waals surface area contributed by atoms with E-state index in [0.29, 0.717) is 5.82 Å². The highest BCUT2D eigenvalue weighted by Gasteiger charge is 2.19. The number of nitrogens with zero attached hydrogens (tertiary/aromatic N) is 2. The summed E-state index contributed by atoms with van der Waals surface area (Å²) in [7, 11) is 0. The minimum absolute atomic E-state index is 0.227. The highest BCUT2D eigenvalue weighted by molar-refractivity contribution is 5.92. The molecule has 0 aromatic carbocycles. The number of anilines is 1. The quantitative estimate of drug-likeness (QED) is 0.775. The van der Waals surface area contributed by atoms with Crippen LogP contribution in [-0.2, 0) is 0 Å². The first-order valence-corrected chi connectivity index (χ1v) is 4.86. The lowest BCUT2D eigenvalue weighted by Gasteiger charge is -2.23. The smallest absolute Gasteiger partial charge is 0.272 e. The molecule has 0 unspecified atom stereocenters. The van der Waals surface area contributed by atoms with Crippen LogP contribution in [0.25, 0.3) is 0 Å². The third-order valence-electron chi connectivity index (χ3n) is 2.25. The third-order valence-corrected chi connectivity index (χ3v) is 2.25. The van der Waals surface area contributed by atoms with Crippen molar-refractivity contribution < 1.29 is 4.79 Å². The van der Waals surface area contributed by atoms with E-state index in [0.717, 1.165) is 6.42 Å². The van der Waals surface area contributed by atoms with E-state index in [4.69, 9.17) is 5.73 Å². The Morgan fingerprint density at radius 3 is 2.60 bits per heavy atom. The number of aromatic nitrogens is 2. The Bertz CT molecular complexity index is 345. The van der Waals surface area contributed by atoms with Crippen molar-refractivity contribution in [2.75, 3.05) is 5.73 Å². The maximum atomic E-state index is 11.7. The normalized spacial score (nSPS) is 11.1. The number of hydrogen-bond acceptors (Lipinski definition) is 4. The van der Waals surface area contributed by atoms with Crippen molar-refractivity contribution in [1.82, 2.24) is 15.5 Å². The molecule has 0 aliphatic carbocycles. The standard InChI is InChI=1S/C10H16N4O/c1-4-10(2,3)12-9(15)7-5-6-8(11)14-13-7/h5-6H,4H2,1-3H3,(H2,11,14)(H,12,15). The molecule has 0 spiro atoms. The summed E-state index contributed by atoms with van der Waals surface area (Å²) in [5, 5.41) is 10.2. The molecule has 0 fully saturated rings. The summed E-state index contributed by atoms with van der Waals surface area (Å²) in [6.45, 7) is 5.92. The summed E-state index contributed by atoms with van der Waals surface area (Å²) in [5.41, 5.74) is 5.42. The minimum Gasteiger partial charge on any atom is -0.382 e. The van der Waals surface area contributed by atoms with Gasteiger partial charge in [-0.25, -0.2) is 0 Å². The SMILES string of the molecule is CCC(C)(C)NC(=O)c1ccc(N)nn1. The van der Waals surface area contributed by atoms with E-state index < -0.39 is 0 Å². The fourth-order valence-electron chi connectivity index (χ4n) is 0.923. The molecule has 0 atom stereocenters. The van der Waals surface area contributed by atoms with Gasteiger partial charge in [0.2, 0.25) is 0 Å². The first-order chi connectivity index (χ1) is 6.94. The van der Waals surface area contributed by atoms with Gasteiger partial charge in [-0.3, -0.25) is 4.79 Å². The Hall–Kier alpha value is -1.65. The van der Waals surface area contributed by atoms with E-state index in [-0.39, 0.29) is 17.1 Å². The molecule has 1 heterocycles. The zero-order chi connectivity index (χ0) is 11.5. The van der Waals surface area contributed by atoms with Crippen molar-refractivity contribution in [3.05, 3.63) is 17.8 Å². The molecule has 0 bridgehead atoms. The Balaban J connectivity index is 2.74. The number of nitrogen functional groups attached to an aromatic ring is 1. The first-order valence-electron chi connectivity index (χ1n) is 4.86. The second-order valence-corrected chi connectivity index (χ2v) is 4.04. The van der Waals surface area contributed by atoms with E-state index in [2.05, 4.69) is 15.5 Å². The summed E-state index contributed by atoms with van der Waals surface area (Å²) < 4.78 is 0. The van der Waals surface area contributed by atoms with Crippen LogP contribution in [0.3, 0.4) is 0 Å². The van der Waals surface area contributed by atoms with Crippen LogP contribution in [0.2, 0.25) is 0 Å². The molecule has 5 heteroatoms. The highest BCUT2D eigenvalue weighted by atomic mass is 16.2. The molecule has 5 nitrogen and oxygen atoms in total. The summed E-state index contributed by atoms with van der Waals surface area (Å²) in [4.78, 5) is 11.7. The van der Waals surface area contributed by atoms with E-state index in [1.54, 1.807) is 12.1 Å². The van der Waals surface area contributed by atoms with Crippen LogP contribution in [0.5, 0.6) is 0 Å². The maximum Gasteiger partial charge on any atom is 0.272 e. The molecular weight excluding hydrogens is 192 g/mol. The molecule has 0 radical (unpaired) electrons. The van der Waals surface area contributed by atoms with Gasteiger partial charge in [0.15, 0.2) is 5.69 Å². The van der Waals surface area contributed by atoms with Gasteiger partial charge in [0.1, 0.15) is 5.82 Å². The predicted octanol–water partition coefficient (Wildman–Crippen LogP) is 0.977. The average molecular weight is 208 g/mol. The van der Waals surface area contributed by atoms with Crippen LogP contribution < -0.4 is 11.1 Å². The average Bonchev–Trinajstić information content (AvgIpc) is 2.18. The topological polar surface area (TPSA) is 80.9 Å². The number of carbonyl (C=O) groups is 1. The van der Waals surface area contributed by atoms with E-state index in [9.17, 15) is 4.79 Å². The molecule has 0 aliphatic rings. The molecule has 0 aliphatic heterocycles. The molecule has 15 heavy (non-hydrogen) atoms. The second kappa shape index (κ2) is 4.25. The number of nitrogens with one attached hydrogen (secondary N) is 1. The molecule has 0 saturated heterocycles. The van der Waals surface area contributed by atoms with Gasteiger partial charge in [-0.2, -0.15) is 0 Å². The van der Waals surface area contributed by atoms with Crippen molar-refractivity contribution in [3.8, 4) is 0 Å². The molecule has 1 aromatic rings. The highest BCUT2D eigenvalue weighted by Crippen LogP contribution is 2.08. The number of amides is 1. The van der Waals surface area contributed by atoms with Crippen molar-refractivity contribution in [3.63, 3.8) is 0 Å². The minimum atomic E-state index is -0.236. The molecule has 0 saturated carbocycles. The fraction of sp³-hybridized carbons (Fsp3) is 0.500. The van der Waals surface area contributed by atoms with Crippen LogP contribution in [-0.4, -0.2) is 21.6 Å². The third kappa shape index (κ3) is 3.19. The van der Waals surface area contributed by atoms with Crippen molar-refractivity contribution in [1.29, 1.82) is 0 Å². The van der Waals surface area contributed by atoms with Gasteiger partial charge < -0.3 is 11.1 Å². The van der Waals surface area contributed by atoms with Crippen LogP contribution in [0.4, 0.5) is 5.82 Å². The summed E-state index contributed by atoms with van der Waals surface area (Å²) in [6.07, 6.45) is 0.848. The van der Waals surface area contributed by atoms with Gasteiger partial charge in [0.25, 0.3) is 5.91 Å². The zero-order valence-corrected chi connectivity index (χ0v) is 9.24. The lowest BCUT2D eigenvalue weighted by molar-refractivity contribution is 0.0905. The number of rotatable bonds is 3. The van der Waals surface area contributed by atoms with Crippen LogP contribution >= 0.6 is 0 Å². The van der Waals surface area contributed by atoms with Crippen LogP contribution in [0, 0.1) is 0 Å². The molecule has 82 valence electrons. The predicted molar refractivity (Wildman–Crippen MR) is 58.3 cm³/mol. The van der Waals surface area contributed by atoms with Crippen molar-refractivity contribution in [2.24, 2.45) is 0 Å². The Morgan fingerprint density at radius 1 is 1.47 bits per heavy atom. The molecule has 1 aromatic heterocycles. The first kappa shape index (κ1) is 11.4. The molecule has 1 rings (SSSR count). The van der Waals surface area contributed by atoms with Gasteiger partial charge in [0, 0.05) is 5.54 Å². The summed E-state index contributed by atoms with van der Waals surface area (Å²) in [6, 6.07) is 3.12. The maximum absolute atomic E-state index is 11.7. The second-order valence-electron chi connectivity index (χ2n) is 4.04. The number of hydrogen-bond donors (Lipinski definition) is 2. The largest absolute Gasteiger partial charge is 0.382 e. The summed E-state index contributed by atoms with van der Waals surface area (Å²) in [5.74, 6) is 0.0793. The van der Waals surface area contributed by atoms with Gasteiger partial charge in [-0.1, -0.05) is 6.92 Å². The number of carbonyl (C=O) groups excluding carboxylic acids is 1. The molecule has 3 N–H and O–H groups in total. The number of nitrogens with two attached hydrogens (primary N) is 1. The van der Waals surface area contributed by atoms with E-state index in [1.807, 2.05) is 20.8 Å². The van der Waals surface area contributed by atoms with Crippen molar-refractivity contribution in [2.45, 2.75) is 32.7 Å². The van der Waals surface area contributed by atoms with Gasteiger partial charge in [0.05, 0.1) is 0 Å². The monoisotopic (exact) mass is 208 g/mol. The Morgan fingerprint density at radius 2 is 2.13 bits per heavy atom. The lowest BCUT2D eigenvalue weighted by atomic mass is 10.0. The van der Waals surface area contributed by atoms with Gasteiger partial charge in [-0.15, -0.1) is 10.2 Å². The van der Waals surface area contributed by atoms with Crippen molar-refractivity contribution >= 4 is 11.7 Å². The van der Waals surface area contributed by atoms with Crippen LogP contribution in [0.1, 0.15) is 37.7 Å². The zero-order valence-electron chi connectivity index (χ0n) is 9.24. The lowest BCUT2D eigenvalue weighted by Crippen LogP contribution is -2.43. The Labute approximate surface area is 89.1 Å². The van der Waals surface area contributed by atoms with E-state index >= 15 is 0 Å². The van der Waals surface area contributed by atoms with E-state index in [1.165, 1.54) is 0 Å². The van der Waals surface area contributed by atoms with Gasteiger partial charge in [-0.05, 0) is 32.4 Å². The summed E-state index contributed by atoms with van der Waals surface area (Å²) >= 11 is 0. The molecular formula is C10H16N4O. The van der Waals surface area contributed by atoms with Gasteiger partial charge >= 0.3 is 0 Å². The Kier molecular flexibility index (Phi) is 3.24.